The van der Waals surface area contributed by atoms with E-state index in [2.05, 4.69) is 27.2 Å². The van der Waals surface area contributed by atoms with Crippen molar-refractivity contribution in [2.75, 3.05) is 26.3 Å². The molecule has 1 aliphatic heterocycles. The van der Waals surface area contributed by atoms with Gasteiger partial charge in [-0.25, -0.2) is 0 Å². The Labute approximate surface area is 136 Å². The van der Waals surface area contributed by atoms with Crippen molar-refractivity contribution in [1.29, 1.82) is 0 Å². The summed E-state index contributed by atoms with van der Waals surface area (Å²) in [5, 5.41) is 4.07. The Morgan fingerprint density at radius 2 is 1.87 bits per heavy atom. The number of ether oxygens (including phenoxy) is 1. The zero-order valence-corrected chi connectivity index (χ0v) is 13.7. The van der Waals surface area contributed by atoms with Crippen LogP contribution in [-0.4, -0.2) is 47.4 Å². The molecule has 0 amide bonds. The van der Waals surface area contributed by atoms with Gasteiger partial charge in [-0.2, -0.15) is 4.98 Å². The van der Waals surface area contributed by atoms with Crippen molar-refractivity contribution < 1.29 is 9.26 Å². The highest BCUT2D eigenvalue weighted by atomic mass is 16.5. The van der Waals surface area contributed by atoms with Crippen molar-refractivity contribution in [3.63, 3.8) is 0 Å². The minimum atomic E-state index is -0.0146. The number of morpholine rings is 1. The van der Waals surface area contributed by atoms with Gasteiger partial charge < -0.3 is 15.0 Å². The van der Waals surface area contributed by atoms with E-state index in [9.17, 15) is 0 Å². The molecule has 0 saturated carbocycles. The Balaban J connectivity index is 1.67. The van der Waals surface area contributed by atoms with Crippen LogP contribution in [0.25, 0.3) is 11.4 Å². The average Bonchev–Trinajstić information content (AvgIpc) is 3.05. The minimum Gasteiger partial charge on any atom is -0.379 e. The van der Waals surface area contributed by atoms with E-state index in [0.717, 1.165) is 38.4 Å². The fourth-order valence-corrected chi connectivity index (χ4v) is 2.54. The first-order valence-electron chi connectivity index (χ1n) is 8.12. The lowest BCUT2D eigenvalue weighted by Gasteiger charge is -2.26. The number of hydrogen-bond donors (Lipinski definition) is 1. The number of nitrogens with two attached hydrogens (primary N) is 1. The molecule has 1 aromatic carbocycles. The van der Waals surface area contributed by atoms with Gasteiger partial charge in [0.25, 0.3) is 0 Å². The molecule has 23 heavy (non-hydrogen) atoms. The molecular weight excluding hydrogens is 292 g/mol. The van der Waals surface area contributed by atoms with Crippen molar-refractivity contribution in [2.45, 2.75) is 32.4 Å². The molecule has 0 bridgehead atoms. The molecule has 2 atom stereocenters. The molecule has 2 N–H and O–H groups in total. The highest BCUT2D eigenvalue weighted by Crippen LogP contribution is 2.22. The van der Waals surface area contributed by atoms with Crippen molar-refractivity contribution >= 4 is 0 Å². The minimum absolute atomic E-state index is 0.0146. The Kier molecular flexibility index (Phi) is 5.05. The molecule has 2 aromatic rings. The van der Waals surface area contributed by atoms with Gasteiger partial charge in [-0.3, -0.25) is 4.90 Å². The molecule has 124 valence electrons. The van der Waals surface area contributed by atoms with Crippen molar-refractivity contribution in [2.24, 2.45) is 5.73 Å². The summed E-state index contributed by atoms with van der Waals surface area (Å²) < 4.78 is 10.7. The van der Waals surface area contributed by atoms with Gasteiger partial charge in [-0.1, -0.05) is 36.3 Å². The lowest BCUT2D eigenvalue weighted by atomic mass is 10.1. The van der Waals surface area contributed by atoms with E-state index in [1.54, 1.807) is 0 Å². The molecule has 0 spiro atoms. The number of hydrogen-bond acceptors (Lipinski definition) is 6. The fourth-order valence-electron chi connectivity index (χ4n) is 2.54. The standard InChI is InChI=1S/C17H24N4O2/c1-12(13(2)18)17-19-16(20-23-17)15-5-3-14(4-6-15)11-21-7-9-22-10-8-21/h3-6,12-13H,7-11,18H2,1-2H3. The third-order valence-electron chi connectivity index (χ3n) is 4.34. The topological polar surface area (TPSA) is 77.4 Å². The van der Waals surface area contributed by atoms with Crippen LogP contribution in [0.4, 0.5) is 0 Å². The molecule has 1 fully saturated rings. The van der Waals surface area contributed by atoms with Gasteiger partial charge in [0.1, 0.15) is 0 Å². The van der Waals surface area contributed by atoms with E-state index >= 15 is 0 Å². The molecule has 6 nitrogen and oxygen atoms in total. The lowest BCUT2D eigenvalue weighted by Crippen LogP contribution is -2.35. The second-order valence-electron chi connectivity index (χ2n) is 6.19. The average molecular weight is 316 g/mol. The second-order valence-corrected chi connectivity index (χ2v) is 6.19. The zero-order valence-electron chi connectivity index (χ0n) is 13.7. The zero-order chi connectivity index (χ0) is 16.2. The monoisotopic (exact) mass is 316 g/mol. The maximum absolute atomic E-state index is 5.88. The van der Waals surface area contributed by atoms with E-state index in [0.29, 0.717) is 11.7 Å². The normalized spacial score (nSPS) is 18.7. The van der Waals surface area contributed by atoms with Crippen LogP contribution in [0.1, 0.15) is 31.2 Å². The van der Waals surface area contributed by atoms with Crippen molar-refractivity contribution in [3.8, 4) is 11.4 Å². The summed E-state index contributed by atoms with van der Waals surface area (Å²) in [6.45, 7) is 8.50. The molecule has 3 rings (SSSR count). The maximum atomic E-state index is 5.88. The summed E-state index contributed by atoms with van der Waals surface area (Å²) in [6, 6.07) is 8.31. The summed E-state index contributed by atoms with van der Waals surface area (Å²) >= 11 is 0. The summed E-state index contributed by atoms with van der Waals surface area (Å²) in [5.41, 5.74) is 8.12. The number of benzene rings is 1. The van der Waals surface area contributed by atoms with E-state index < -0.39 is 0 Å². The van der Waals surface area contributed by atoms with Gasteiger partial charge >= 0.3 is 0 Å². The van der Waals surface area contributed by atoms with Crippen LogP contribution in [0.5, 0.6) is 0 Å². The molecule has 6 heteroatoms. The number of aromatic nitrogens is 2. The Morgan fingerprint density at radius 1 is 1.17 bits per heavy atom. The predicted molar refractivity (Wildman–Crippen MR) is 87.9 cm³/mol. The third-order valence-corrected chi connectivity index (χ3v) is 4.34. The first kappa shape index (κ1) is 16.1. The SMILES string of the molecule is CC(N)C(C)c1nc(-c2ccc(CN3CCOCC3)cc2)no1. The van der Waals surface area contributed by atoms with Crippen molar-refractivity contribution in [1.82, 2.24) is 15.0 Å². The van der Waals surface area contributed by atoms with Crippen LogP contribution in [0.15, 0.2) is 28.8 Å². The first-order valence-corrected chi connectivity index (χ1v) is 8.12. The summed E-state index contributed by atoms with van der Waals surface area (Å²) in [7, 11) is 0. The molecule has 2 unspecified atom stereocenters. The highest BCUT2D eigenvalue weighted by Gasteiger charge is 2.18. The van der Waals surface area contributed by atoms with Gasteiger partial charge in [0.2, 0.25) is 11.7 Å². The Bertz CT molecular complexity index is 618. The van der Waals surface area contributed by atoms with E-state index in [1.165, 1.54) is 5.56 Å². The smallest absolute Gasteiger partial charge is 0.231 e. The van der Waals surface area contributed by atoms with Gasteiger partial charge in [0.05, 0.1) is 19.1 Å². The van der Waals surface area contributed by atoms with E-state index in [4.69, 9.17) is 15.0 Å². The third kappa shape index (κ3) is 3.96. The molecule has 1 aliphatic rings. The fraction of sp³-hybridized carbons (Fsp3) is 0.529. The molecule has 1 aromatic heterocycles. The molecule has 2 heterocycles. The number of rotatable bonds is 5. The Morgan fingerprint density at radius 3 is 2.52 bits per heavy atom. The molecule has 0 radical (unpaired) electrons. The van der Waals surface area contributed by atoms with E-state index in [-0.39, 0.29) is 12.0 Å². The quantitative estimate of drug-likeness (QED) is 0.909. The van der Waals surface area contributed by atoms with Crippen LogP contribution in [0.3, 0.4) is 0 Å². The molecule has 0 aliphatic carbocycles. The predicted octanol–water partition coefficient (Wildman–Crippen LogP) is 2.02. The van der Waals surface area contributed by atoms with E-state index in [1.807, 2.05) is 26.0 Å². The van der Waals surface area contributed by atoms with Gasteiger partial charge in [0, 0.05) is 31.2 Å². The second kappa shape index (κ2) is 7.21. The summed E-state index contributed by atoms with van der Waals surface area (Å²) in [5.74, 6) is 1.26. The lowest BCUT2D eigenvalue weighted by molar-refractivity contribution is 0.0342. The summed E-state index contributed by atoms with van der Waals surface area (Å²) in [6.07, 6.45) is 0. The van der Waals surface area contributed by atoms with Crippen LogP contribution in [0, 0.1) is 0 Å². The van der Waals surface area contributed by atoms with Gasteiger partial charge in [0.15, 0.2) is 0 Å². The number of nitrogens with zero attached hydrogens (tertiary/aromatic N) is 3. The largest absolute Gasteiger partial charge is 0.379 e. The van der Waals surface area contributed by atoms with Crippen LogP contribution in [0.2, 0.25) is 0 Å². The van der Waals surface area contributed by atoms with Crippen LogP contribution >= 0.6 is 0 Å². The Hall–Kier alpha value is -1.76. The first-order chi connectivity index (χ1) is 11.1. The van der Waals surface area contributed by atoms with Crippen LogP contribution in [-0.2, 0) is 11.3 Å². The van der Waals surface area contributed by atoms with Gasteiger partial charge in [-0.05, 0) is 12.5 Å². The molecule has 1 saturated heterocycles. The van der Waals surface area contributed by atoms with Crippen LogP contribution < -0.4 is 5.73 Å². The molecular formula is C17H24N4O2. The maximum Gasteiger partial charge on any atom is 0.231 e. The van der Waals surface area contributed by atoms with Gasteiger partial charge in [-0.15, -0.1) is 0 Å². The summed E-state index contributed by atoms with van der Waals surface area (Å²) in [4.78, 5) is 6.86. The highest BCUT2D eigenvalue weighted by molar-refractivity contribution is 5.54. The van der Waals surface area contributed by atoms with Crippen molar-refractivity contribution in [3.05, 3.63) is 35.7 Å².